The van der Waals surface area contributed by atoms with E-state index >= 15 is 0 Å². The molecule has 1 unspecified atom stereocenters. The van der Waals surface area contributed by atoms with Crippen LogP contribution in [-0.2, 0) is 26.2 Å². The Labute approximate surface area is 206 Å². The lowest BCUT2D eigenvalue weighted by molar-refractivity contribution is -0.155. The summed E-state index contributed by atoms with van der Waals surface area (Å²) < 4.78 is 8.54. The first-order valence-corrected chi connectivity index (χ1v) is 12.8. The zero-order chi connectivity index (χ0) is 25.3. The molecule has 1 saturated heterocycles. The van der Waals surface area contributed by atoms with Gasteiger partial charge in [0, 0.05) is 19.9 Å². The number of imide groups is 1. The summed E-state index contributed by atoms with van der Waals surface area (Å²) >= 11 is 0. The first-order chi connectivity index (χ1) is 16.5. The van der Waals surface area contributed by atoms with Gasteiger partial charge in [-0.1, -0.05) is 6.07 Å². The van der Waals surface area contributed by atoms with E-state index in [9.17, 15) is 19.2 Å². The lowest BCUT2D eigenvalue weighted by Crippen LogP contribution is -2.44. The highest BCUT2D eigenvalue weighted by Crippen LogP contribution is 2.38. The van der Waals surface area contributed by atoms with Crippen LogP contribution < -0.4 is 11.0 Å². The number of carbonyl (C=O) groups is 3. The Morgan fingerprint density at radius 2 is 1.77 bits per heavy atom. The molecule has 1 N–H and O–H groups in total. The van der Waals surface area contributed by atoms with E-state index in [1.54, 1.807) is 11.6 Å². The fourth-order valence-corrected chi connectivity index (χ4v) is 5.58. The van der Waals surface area contributed by atoms with E-state index in [4.69, 9.17) is 4.74 Å². The van der Waals surface area contributed by atoms with Gasteiger partial charge in [-0.15, -0.1) is 0 Å². The van der Waals surface area contributed by atoms with Crippen LogP contribution in [0.2, 0.25) is 0 Å². The minimum atomic E-state index is -0.661. The van der Waals surface area contributed by atoms with Crippen molar-refractivity contribution in [3.8, 4) is 0 Å². The Hall–Kier alpha value is -2.90. The summed E-state index contributed by atoms with van der Waals surface area (Å²) in [7, 11) is 1.73. The first kappa shape index (κ1) is 25.2. The lowest BCUT2D eigenvalue weighted by atomic mass is 9.77. The molecule has 2 aliphatic rings. The highest BCUT2D eigenvalue weighted by atomic mass is 16.6. The smallest absolute Gasteiger partial charge is 0.329 e. The summed E-state index contributed by atoms with van der Waals surface area (Å²) in [6.07, 6.45) is 7.41. The van der Waals surface area contributed by atoms with Gasteiger partial charge in [0.05, 0.1) is 11.0 Å². The first-order valence-electron chi connectivity index (χ1n) is 12.8. The van der Waals surface area contributed by atoms with Crippen molar-refractivity contribution in [2.45, 2.75) is 96.1 Å². The SMILES string of the molecule is Cn1c(=O)n(C2CCC(=O)NC2=O)c2ccc([C@H]3CC[C@@H](CCCC(=O)OC(C)(C)C)CC3)cc21. The molecule has 4 rings (SSSR count). The third kappa shape index (κ3) is 5.68. The number of aryl methyl sites for hydroxylation is 1. The second kappa shape index (κ2) is 9.99. The van der Waals surface area contributed by atoms with Crippen molar-refractivity contribution in [3.63, 3.8) is 0 Å². The van der Waals surface area contributed by atoms with Gasteiger partial charge >= 0.3 is 11.7 Å². The van der Waals surface area contributed by atoms with Crippen LogP contribution in [0.1, 0.15) is 96.1 Å². The van der Waals surface area contributed by atoms with Crippen LogP contribution in [0.15, 0.2) is 23.0 Å². The maximum absolute atomic E-state index is 13.0. The van der Waals surface area contributed by atoms with E-state index in [1.165, 1.54) is 10.1 Å². The molecular formula is C27H37N3O5. The molecule has 1 aromatic heterocycles. The van der Waals surface area contributed by atoms with Gasteiger partial charge in [-0.2, -0.15) is 0 Å². The fraction of sp³-hybridized carbons (Fsp3) is 0.630. The summed E-state index contributed by atoms with van der Waals surface area (Å²) in [6, 6.07) is 5.46. The second-order valence-corrected chi connectivity index (χ2v) is 11.1. The molecule has 2 aromatic rings. The molecule has 0 bridgehead atoms. The Morgan fingerprint density at radius 1 is 1.06 bits per heavy atom. The van der Waals surface area contributed by atoms with Crippen molar-refractivity contribution >= 4 is 28.8 Å². The average molecular weight is 484 g/mol. The van der Waals surface area contributed by atoms with E-state index < -0.39 is 17.6 Å². The molecule has 35 heavy (non-hydrogen) atoms. The van der Waals surface area contributed by atoms with E-state index in [0.717, 1.165) is 49.6 Å². The van der Waals surface area contributed by atoms with Crippen LogP contribution in [0.5, 0.6) is 0 Å². The van der Waals surface area contributed by atoms with Crippen molar-refractivity contribution in [1.82, 2.24) is 14.5 Å². The van der Waals surface area contributed by atoms with Gasteiger partial charge in [-0.25, -0.2) is 4.79 Å². The molecule has 1 atom stereocenters. The fourth-order valence-electron chi connectivity index (χ4n) is 5.58. The van der Waals surface area contributed by atoms with Crippen LogP contribution in [0.25, 0.3) is 11.0 Å². The van der Waals surface area contributed by atoms with Gasteiger partial charge in [0.25, 0.3) is 0 Å². The minimum absolute atomic E-state index is 0.116. The van der Waals surface area contributed by atoms with Crippen LogP contribution >= 0.6 is 0 Å². The number of nitrogens with zero attached hydrogens (tertiary/aromatic N) is 2. The quantitative estimate of drug-likeness (QED) is 0.493. The number of imidazole rings is 1. The van der Waals surface area contributed by atoms with Gasteiger partial charge in [0.15, 0.2) is 0 Å². The number of nitrogens with one attached hydrogen (secondary N) is 1. The molecule has 190 valence electrons. The number of rotatable bonds is 6. The third-order valence-corrected chi connectivity index (χ3v) is 7.37. The topological polar surface area (TPSA) is 99.4 Å². The van der Waals surface area contributed by atoms with Gasteiger partial charge in [-0.05, 0) is 95.2 Å². The number of piperidine rings is 1. The number of hydrogen-bond acceptors (Lipinski definition) is 5. The maximum Gasteiger partial charge on any atom is 0.329 e. The van der Waals surface area contributed by atoms with E-state index in [-0.39, 0.29) is 24.0 Å². The monoisotopic (exact) mass is 483 g/mol. The van der Waals surface area contributed by atoms with Crippen molar-refractivity contribution in [2.75, 3.05) is 0 Å². The molecule has 1 aliphatic carbocycles. The molecule has 0 spiro atoms. The summed E-state index contributed by atoms with van der Waals surface area (Å²) in [5.41, 5.74) is 2.10. The number of aromatic nitrogens is 2. The maximum atomic E-state index is 13.0. The van der Waals surface area contributed by atoms with Crippen molar-refractivity contribution in [3.05, 3.63) is 34.2 Å². The predicted molar refractivity (Wildman–Crippen MR) is 133 cm³/mol. The molecule has 2 fully saturated rings. The van der Waals surface area contributed by atoms with E-state index in [0.29, 0.717) is 24.7 Å². The molecule has 1 aliphatic heterocycles. The molecule has 8 heteroatoms. The molecule has 1 saturated carbocycles. The highest BCUT2D eigenvalue weighted by Gasteiger charge is 2.31. The molecule has 2 heterocycles. The zero-order valence-corrected chi connectivity index (χ0v) is 21.3. The standard InChI is InChI=1S/C27H37N3O5/c1-27(2,3)35-24(32)7-5-6-17-8-10-18(11-9-17)19-12-13-20-22(16-19)29(4)26(34)30(20)21-14-15-23(31)28-25(21)33/h12-13,16-18,21H,5-11,14-15H2,1-4H3,(H,28,31,33)/t17-,18+,21?. The number of amides is 2. The minimum Gasteiger partial charge on any atom is -0.460 e. The number of hydrogen-bond donors (Lipinski definition) is 1. The summed E-state index contributed by atoms with van der Waals surface area (Å²) in [6.45, 7) is 5.68. The van der Waals surface area contributed by atoms with E-state index in [1.807, 2.05) is 26.8 Å². The summed E-state index contributed by atoms with van der Waals surface area (Å²) in [5.74, 6) is 0.257. The van der Waals surface area contributed by atoms with Crippen molar-refractivity contribution in [2.24, 2.45) is 13.0 Å². The van der Waals surface area contributed by atoms with Gasteiger partial charge in [0.1, 0.15) is 11.6 Å². The zero-order valence-electron chi connectivity index (χ0n) is 21.3. The van der Waals surface area contributed by atoms with Crippen molar-refractivity contribution < 1.29 is 19.1 Å². The predicted octanol–water partition coefficient (Wildman–Crippen LogP) is 4.10. The molecule has 0 radical (unpaired) electrons. The second-order valence-electron chi connectivity index (χ2n) is 11.1. The largest absolute Gasteiger partial charge is 0.460 e. The van der Waals surface area contributed by atoms with Crippen molar-refractivity contribution in [1.29, 1.82) is 0 Å². The number of fused-ring (bicyclic) bond motifs is 1. The Morgan fingerprint density at radius 3 is 2.43 bits per heavy atom. The lowest BCUT2D eigenvalue weighted by Gasteiger charge is -2.29. The Balaban J connectivity index is 1.39. The van der Waals surface area contributed by atoms with Gasteiger partial charge < -0.3 is 4.74 Å². The normalized spacial score (nSPS) is 23.4. The van der Waals surface area contributed by atoms with Crippen LogP contribution in [0.3, 0.4) is 0 Å². The Bertz CT molecular complexity index is 1180. The molecule has 1 aromatic carbocycles. The van der Waals surface area contributed by atoms with Gasteiger partial charge in [-0.3, -0.25) is 28.8 Å². The molecule has 2 amide bonds. The molecular weight excluding hydrogens is 446 g/mol. The third-order valence-electron chi connectivity index (χ3n) is 7.37. The average Bonchev–Trinajstić information content (AvgIpc) is 3.03. The van der Waals surface area contributed by atoms with Crippen LogP contribution in [0, 0.1) is 5.92 Å². The van der Waals surface area contributed by atoms with Crippen LogP contribution in [-0.4, -0.2) is 32.5 Å². The van der Waals surface area contributed by atoms with Crippen LogP contribution in [0.4, 0.5) is 0 Å². The van der Waals surface area contributed by atoms with E-state index in [2.05, 4.69) is 17.4 Å². The number of benzene rings is 1. The number of esters is 1. The highest BCUT2D eigenvalue weighted by molar-refractivity contribution is 6.00. The Kier molecular flexibility index (Phi) is 7.20. The molecule has 8 nitrogen and oxygen atoms in total. The number of carbonyl (C=O) groups excluding carboxylic acids is 3. The summed E-state index contributed by atoms with van der Waals surface area (Å²) in [4.78, 5) is 48.9. The number of ether oxygens (including phenoxy) is 1. The van der Waals surface area contributed by atoms with Gasteiger partial charge in [0.2, 0.25) is 11.8 Å². The summed E-state index contributed by atoms with van der Waals surface area (Å²) in [5, 5.41) is 2.35.